The normalized spacial score (nSPS) is 10.2. The van der Waals surface area contributed by atoms with Crippen LogP contribution in [0.15, 0.2) is 30.6 Å². The molecule has 0 aliphatic heterocycles. The van der Waals surface area contributed by atoms with Crippen LogP contribution in [0.25, 0.3) is 5.52 Å². The smallest absolute Gasteiger partial charge is 0.127 e. The number of hydrogen-bond acceptors (Lipinski definition) is 2. The lowest BCUT2D eigenvalue weighted by Gasteiger charge is -2.07. The van der Waals surface area contributed by atoms with Crippen molar-refractivity contribution < 1.29 is 0 Å². The predicted octanol–water partition coefficient (Wildman–Crippen LogP) is 2.45. The molecule has 0 atom stereocenters. The maximum atomic E-state index is 4.36. The number of aromatic nitrogens is 2. The lowest BCUT2D eigenvalue weighted by atomic mass is 10.4. The fraction of sp³-hybridized carbons (Fsp3) is 0.364. The topological polar surface area (TPSA) is 20.5 Å². The quantitative estimate of drug-likeness (QED) is 0.626. The summed E-state index contributed by atoms with van der Waals surface area (Å²) in [4.78, 5) is 8.44. The Balaban J connectivity index is 0.000000531. The fourth-order valence-corrected chi connectivity index (χ4v) is 1.40. The van der Waals surface area contributed by atoms with Crippen LogP contribution in [-0.2, 0) is 6.54 Å². The number of pyridine rings is 1. The molecule has 2 aromatic heterocycles. The van der Waals surface area contributed by atoms with E-state index in [0.717, 1.165) is 17.9 Å². The Hall–Kier alpha value is -0.620. The van der Waals surface area contributed by atoms with Crippen LogP contribution in [-0.4, -0.2) is 33.3 Å². The summed E-state index contributed by atoms with van der Waals surface area (Å²) in [7, 11) is 4.09. The second-order valence-electron chi connectivity index (χ2n) is 3.41. The van der Waals surface area contributed by atoms with Gasteiger partial charge in [0, 0.05) is 6.20 Å². The third kappa shape index (κ3) is 3.17. The predicted molar refractivity (Wildman–Crippen MR) is 72.5 cm³/mol. The number of hydrogen-bond donors (Lipinski definition) is 0. The Morgan fingerprint density at radius 1 is 1.33 bits per heavy atom. The van der Waals surface area contributed by atoms with Crippen LogP contribution in [0, 0.1) is 0 Å². The van der Waals surface area contributed by atoms with Crippen molar-refractivity contribution in [2.24, 2.45) is 0 Å². The van der Waals surface area contributed by atoms with Gasteiger partial charge in [-0.2, -0.15) is 0 Å². The summed E-state index contributed by atoms with van der Waals surface area (Å²) in [5.74, 6) is 1.08. The van der Waals surface area contributed by atoms with Crippen molar-refractivity contribution in [3.63, 3.8) is 0 Å². The molecule has 0 saturated heterocycles. The van der Waals surface area contributed by atoms with Crippen molar-refractivity contribution in [1.29, 1.82) is 0 Å². The molecule has 0 radical (unpaired) electrons. The Morgan fingerprint density at radius 2 is 2.07 bits per heavy atom. The standard InChI is InChI=1S/C10H13N3.CH3I/c1-12(2)8-10-11-7-9-5-3-4-6-13(9)10;1-2/h3-7H,8H2,1-2H3;1H3. The second kappa shape index (κ2) is 6.07. The SMILES string of the molecule is CI.CN(C)Cc1ncc2ccccn12. The molecule has 0 aliphatic rings. The summed E-state index contributed by atoms with van der Waals surface area (Å²) in [6.07, 6.45) is 3.94. The molecule has 0 fully saturated rings. The third-order valence-corrected chi connectivity index (χ3v) is 1.97. The van der Waals surface area contributed by atoms with Gasteiger partial charge in [0.15, 0.2) is 0 Å². The van der Waals surface area contributed by atoms with Gasteiger partial charge in [-0.05, 0) is 31.2 Å². The molecule has 2 rings (SSSR count). The highest BCUT2D eigenvalue weighted by Gasteiger charge is 2.02. The molecule has 4 heteroatoms. The number of fused-ring (bicyclic) bond motifs is 1. The van der Waals surface area contributed by atoms with E-state index < -0.39 is 0 Å². The average Bonchev–Trinajstić information content (AvgIpc) is 2.64. The van der Waals surface area contributed by atoms with E-state index in [9.17, 15) is 0 Å². The summed E-state index contributed by atoms with van der Waals surface area (Å²) < 4.78 is 2.11. The van der Waals surface area contributed by atoms with Crippen molar-refractivity contribution in [3.8, 4) is 0 Å². The molecule has 0 aromatic carbocycles. The molecule has 0 aliphatic carbocycles. The highest BCUT2D eigenvalue weighted by atomic mass is 127. The van der Waals surface area contributed by atoms with Crippen molar-refractivity contribution in [1.82, 2.24) is 14.3 Å². The summed E-state index contributed by atoms with van der Waals surface area (Å²) >= 11 is 2.15. The van der Waals surface area contributed by atoms with Crippen LogP contribution in [0.5, 0.6) is 0 Å². The first-order chi connectivity index (χ1) is 7.27. The number of halogens is 1. The van der Waals surface area contributed by atoms with Crippen molar-refractivity contribution in [3.05, 3.63) is 36.4 Å². The molecule has 0 spiro atoms. The van der Waals surface area contributed by atoms with Gasteiger partial charge in [0.25, 0.3) is 0 Å². The summed E-state index contributed by atoms with van der Waals surface area (Å²) in [6.45, 7) is 0.873. The average molecular weight is 317 g/mol. The van der Waals surface area contributed by atoms with Crippen LogP contribution in [0.1, 0.15) is 5.82 Å². The van der Waals surface area contributed by atoms with Gasteiger partial charge in [-0.15, -0.1) is 0 Å². The zero-order valence-electron chi connectivity index (χ0n) is 9.31. The Kier molecular flexibility index (Phi) is 5.04. The van der Waals surface area contributed by atoms with Gasteiger partial charge < -0.3 is 9.30 Å². The molecule has 0 saturated carbocycles. The largest absolute Gasteiger partial charge is 0.303 e. The van der Waals surface area contributed by atoms with Gasteiger partial charge in [-0.3, -0.25) is 0 Å². The lowest BCUT2D eigenvalue weighted by Crippen LogP contribution is -2.13. The molecule has 0 amide bonds. The first-order valence-corrected chi connectivity index (χ1v) is 6.86. The van der Waals surface area contributed by atoms with Gasteiger partial charge in [0.2, 0.25) is 0 Å². The Bertz CT molecular complexity index is 409. The van der Waals surface area contributed by atoms with E-state index >= 15 is 0 Å². The van der Waals surface area contributed by atoms with Crippen LogP contribution < -0.4 is 0 Å². The van der Waals surface area contributed by atoms with E-state index in [0.29, 0.717) is 0 Å². The van der Waals surface area contributed by atoms with Crippen LogP contribution in [0.4, 0.5) is 0 Å². The second-order valence-corrected chi connectivity index (χ2v) is 3.41. The first kappa shape index (κ1) is 12.4. The van der Waals surface area contributed by atoms with Gasteiger partial charge in [-0.1, -0.05) is 28.7 Å². The maximum Gasteiger partial charge on any atom is 0.127 e. The minimum Gasteiger partial charge on any atom is -0.303 e. The molecule has 15 heavy (non-hydrogen) atoms. The van der Waals surface area contributed by atoms with E-state index in [4.69, 9.17) is 0 Å². The molecular formula is C11H16IN3. The first-order valence-electron chi connectivity index (χ1n) is 4.71. The van der Waals surface area contributed by atoms with Crippen molar-refractivity contribution in [2.45, 2.75) is 6.54 Å². The fourth-order valence-electron chi connectivity index (χ4n) is 1.40. The lowest BCUT2D eigenvalue weighted by molar-refractivity contribution is 0.389. The molecule has 3 nitrogen and oxygen atoms in total. The number of nitrogens with zero attached hydrogens (tertiary/aromatic N) is 3. The van der Waals surface area contributed by atoms with Gasteiger partial charge >= 0.3 is 0 Å². The highest BCUT2D eigenvalue weighted by Crippen LogP contribution is 2.06. The molecule has 82 valence electrons. The van der Waals surface area contributed by atoms with Gasteiger partial charge in [0.1, 0.15) is 5.82 Å². The van der Waals surface area contributed by atoms with Crippen molar-refractivity contribution in [2.75, 3.05) is 19.0 Å². The van der Waals surface area contributed by atoms with Crippen LogP contribution >= 0.6 is 22.6 Å². The molecule has 2 heterocycles. The maximum absolute atomic E-state index is 4.36. The third-order valence-electron chi connectivity index (χ3n) is 1.97. The molecule has 0 unspecified atom stereocenters. The van der Waals surface area contributed by atoms with Crippen LogP contribution in [0.2, 0.25) is 0 Å². The zero-order chi connectivity index (χ0) is 11.3. The molecular weight excluding hydrogens is 301 g/mol. The highest BCUT2D eigenvalue weighted by molar-refractivity contribution is 14.1. The minimum atomic E-state index is 0.873. The summed E-state index contributed by atoms with van der Waals surface area (Å²) in [5, 5.41) is 0. The van der Waals surface area contributed by atoms with E-state index in [1.165, 1.54) is 0 Å². The van der Waals surface area contributed by atoms with E-state index in [-0.39, 0.29) is 0 Å². The van der Waals surface area contributed by atoms with Gasteiger partial charge in [-0.25, -0.2) is 4.98 Å². The van der Waals surface area contributed by atoms with Crippen LogP contribution in [0.3, 0.4) is 0 Å². The Labute approximate surface area is 104 Å². The van der Waals surface area contributed by atoms with E-state index in [2.05, 4.69) is 42.9 Å². The molecule has 0 N–H and O–H groups in total. The van der Waals surface area contributed by atoms with E-state index in [1.807, 2.05) is 43.6 Å². The monoisotopic (exact) mass is 317 g/mol. The zero-order valence-corrected chi connectivity index (χ0v) is 11.5. The van der Waals surface area contributed by atoms with Gasteiger partial charge in [0.05, 0.1) is 18.3 Å². The van der Waals surface area contributed by atoms with E-state index in [1.54, 1.807) is 0 Å². The minimum absolute atomic E-state index is 0.873. The molecule has 2 aromatic rings. The number of alkyl halides is 1. The molecule has 0 bridgehead atoms. The summed E-state index contributed by atoms with van der Waals surface area (Å²) in [5.41, 5.74) is 1.15. The summed E-state index contributed by atoms with van der Waals surface area (Å²) in [6, 6.07) is 6.11. The number of rotatable bonds is 2. The number of imidazole rings is 1. The Morgan fingerprint density at radius 3 is 2.73 bits per heavy atom. The van der Waals surface area contributed by atoms with Crippen molar-refractivity contribution >= 4 is 28.1 Å².